The second-order valence-electron chi connectivity index (χ2n) is 7.62. The Morgan fingerprint density at radius 2 is 1.75 bits per heavy atom. The molecule has 2 aliphatic rings. The van der Waals surface area contributed by atoms with Gasteiger partial charge in [0.25, 0.3) is 0 Å². The quantitative estimate of drug-likeness (QED) is 0.744. The van der Waals surface area contributed by atoms with Crippen molar-refractivity contribution >= 4 is 11.7 Å². The molecule has 1 amide bonds. The highest BCUT2D eigenvalue weighted by molar-refractivity contribution is 5.96. The predicted molar refractivity (Wildman–Crippen MR) is 106 cm³/mol. The molecule has 1 saturated heterocycles. The van der Waals surface area contributed by atoms with E-state index in [0.29, 0.717) is 24.8 Å². The first kappa shape index (κ1) is 18.8. The molecule has 0 saturated carbocycles. The van der Waals surface area contributed by atoms with E-state index in [1.54, 1.807) is 0 Å². The molecule has 2 aliphatic heterocycles. The van der Waals surface area contributed by atoms with Crippen molar-refractivity contribution in [2.24, 2.45) is 0 Å². The van der Waals surface area contributed by atoms with Crippen molar-refractivity contribution in [1.82, 2.24) is 9.80 Å². The molecule has 28 heavy (non-hydrogen) atoms. The van der Waals surface area contributed by atoms with E-state index in [9.17, 15) is 14.0 Å². The standard InChI is InChI=1S/C23H25FN2O2/c24-19-10-8-18(9-11-19)22(27)6-3-7-23(28)26-15-14-25-13-12-17-4-1-2-5-20(17)21(25)16-26/h1-2,4-5,8-11,21H,3,6-7,12-16H2. The molecule has 1 atom stereocenters. The van der Waals surface area contributed by atoms with Gasteiger partial charge >= 0.3 is 0 Å². The maximum Gasteiger partial charge on any atom is 0.222 e. The number of fused-ring (bicyclic) bond motifs is 3. The number of rotatable bonds is 5. The van der Waals surface area contributed by atoms with Crippen LogP contribution < -0.4 is 0 Å². The van der Waals surface area contributed by atoms with Crippen LogP contribution >= 0.6 is 0 Å². The lowest BCUT2D eigenvalue weighted by atomic mass is 9.91. The van der Waals surface area contributed by atoms with Crippen molar-refractivity contribution in [2.75, 3.05) is 26.2 Å². The van der Waals surface area contributed by atoms with Crippen LogP contribution in [0.3, 0.4) is 0 Å². The Kier molecular flexibility index (Phi) is 5.53. The first-order valence-electron chi connectivity index (χ1n) is 10.0. The molecule has 1 unspecified atom stereocenters. The molecule has 2 aromatic carbocycles. The van der Waals surface area contributed by atoms with Gasteiger partial charge in [0.1, 0.15) is 5.82 Å². The molecule has 0 aliphatic carbocycles. The fourth-order valence-electron chi connectivity index (χ4n) is 4.30. The lowest BCUT2D eigenvalue weighted by Gasteiger charge is -2.45. The smallest absolute Gasteiger partial charge is 0.222 e. The molecule has 2 heterocycles. The van der Waals surface area contributed by atoms with Gasteiger partial charge in [-0.15, -0.1) is 0 Å². The Morgan fingerprint density at radius 1 is 0.964 bits per heavy atom. The fraction of sp³-hybridized carbons (Fsp3) is 0.391. The van der Waals surface area contributed by atoms with Crippen LogP contribution in [0.25, 0.3) is 0 Å². The van der Waals surface area contributed by atoms with Gasteiger partial charge in [-0.25, -0.2) is 4.39 Å². The number of benzene rings is 2. The number of carbonyl (C=O) groups excluding carboxylic acids is 2. The van der Waals surface area contributed by atoms with Crippen LogP contribution in [0.4, 0.5) is 4.39 Å². The van der Waals surface area contributed by atoms with E-state index < -0.39 is 0 Å². The molecule has 0 bridgehead atoms. The van der Waals surface area contributed by atoms with Gasteiger partial charge in [-0.05, 0) is 48.2 Å². The maximum atomic E-state index is 13.0. The van der Waals surface area contributed by atoms with Crippen molar-refractivity contribution in [3.63, 3.8) is 0 Å². The van der Waals surface area contributed by atoms with E-state index in [1.165, 1.54) is 35.4 Å². The molecule has 1 fully saturated rings. The monoisotopic (exact) mass is 380 g/mol. The summed E-state index contributed by atoms with van der Waals surface area (Å²) in [6.45, 7) is 3.43. The van der Waals surface area contributed by atoms with Gasteiger partial charge in [0.15, 0.2) is 5.78 Å². The number of ketones is 1. The minimum Gasteiger partial charge on any atom is -0.339 e. The van der Waals surface area contributed by atoms with E-state index in [1.807, 2.05) is 4.90 Å². The number of halogens is 1. The maximum absolute atomic E-state index is 13.0. The molecule has 0 N–H and O–H groups in total. The Bertz CT molecular complexity index is 865. The van der Waals surface area contributed by atoms with E-state index >= 15 is 0 Å². The molecule has 0 spiro atoms. The average molecular weight is 380 g/mol. The van der Waals surface area contributed by atoms with Crippen LogP contribution in [0.1, 0.15) is 46.8 Å². The minimum atomic E-state index is -0.352. The Labute approximate surface area is 164 Å². The third-order valence-electron chi connectivity index (χ3n) is 5.89. The van der Waals surface area contributed by atoms with Crippen molar-refractivity contribution in [2.45, 2.75) is 31.7 Å². The van der Waals surface area contributed by atoms with Crippen LogP contribution in [0, 0.1) is 5.82 Å². The predicted octanol–water partition coefficient (Wildman–Crippen LogP) is 3.62. The summed E-state index contributed by atoms with van der Waals surface area (Å²) in [4.78, 5) is 29.3. The lowest BCUT2D eigenvalue weighted by Crippen LogP contribution is -2.52. The summed E-state index contributed by atoms with van der Waals surface area (Å²) >= 11 is 0. The zero-order chi connectivity index (χ0) is 19.5. The van der Waals surface area contributed by atoms with E-state index in [4.69, 9.17) is 0 Å². The molecule has 2 aromatic rings. The second kappa shape index (κ2) is 8.23. The van der Waals surface area contributed by atoms with Gasteiger partial charge < -0.3 is 4.90 Å². The first-order chi connectivity index (χ1) is 13.6. The lowest BCUT2D eigenvalue weighted by molar-refractivity contribution is -0.134. The number of hydrogen-bond donors (Lipinski definition) is 0. The van der Waals surface area contributed by atoms with Crippen LogP contribution in [0.15, 0.2) is 48.5 Å². The highest BCUT2D eigenvalue weighted by atomic mass is 19.1. The summed E-state index contributed by atoms with van der Waals surface area (Å²) in [5.41, 5.74) is 3.24. The first-order valence-corrected chi connectivity index (χ1v) is 10.0. The third kappa shape index (κ3) is 3.99. The molecule has 5 heteroatoms. The highest BCUT2D eigenvalue weighted by Crippen LogP contribution is 2.32. The molecule has 4 rings (SSSR count). The molecule has 4 nitrogen and oxygen atoms in total. The topological polar surface area (TPSA) is 40.6 Å². The molecule has 146 valence electrons. The number of nitrogens with zero attached hydrogens (tertiary/aromatic N) is 2. The van der Waals surface area contributed by atoms with Gasteiger partial charge in [-0.2, -0.15) is 0 Å². The minimum absolute atomic E-state index is 0.0428. The number of Topliss-reactive ketones (excluding diaryl/α,β-unsaturated/α-hetero) is 1. The third-order valence-corrected chi connectivity index (χ3v) is 5.89. The van der Waals surface area contributed by atoms with E-state index in [0.717, 1.165) is 32.6 Å². The Balaban J connectivity index is 1.31. The summed E-state index contributed by atoms with van der Waals surface area (Å²) < 4.78 is 13.0. The summed E-state index contributed by atoms with van der Waals surface area (Å²) in [6, 6.07) is 14.4. The van der Waals surface area contributed by atoms with Crippen LogP contribution in [-0.2, 0) is 11.2 Å². The molecule has 0 aromatic heterocycles. The SMILES string of the molecule is O=C(CCCC(=O)N1CCN2CCc3ccccc3C2C1)c1ccc(F)cc1. The van der Waals surface area contributed by atoms with Gasteiger partial charge in [0.2, 0.25) is 5.91 Å². The summed E-state index contributed by atoms with van der Waals surface area (Å²) in [5.74, 6) is -0.274. The second-order valence-corrected chi connectivity index (χ2v) is 7.62. The Morgan fingerprint density at radius 3 is 2.57 bits per heavy atom. The summed E-state index contributed by atoms with van der Waals surface area (Å²) in [6.07, 6.45) is 2.29. The zero-order valence-corrected chi connectivity index (χ0v) is 15.9. The number of amides is 1. The van der Waals surface area contributed by atoms with Crippen LogP contribution in [-0.4, -0.2) is 47.7 Å². The largest absolute Gasteiger partial charge is 0.339 e. The van der Waals surface area contributed by atoms with Gasteiger partial charge in [0.05, 0.1) is 6.04 Å². The van der Waals surface area contributed by atoms with Crippen molar-refractivity contribution in [3.8, 4) is 0 Å². The van der Waals surface area contributed by atoms with Crippen molar-refractivity contribution in [1.29, 1.82) is 0 Å². The fourth-order valence-corrected chi connectivity index (χ4v) is 4.30. The Hall–Kier alpha value is -2.53. The van der Waals surface area contributed by atoms with Crippen molar-refractivity contribution in [3.05, 3.63) is 71.0 Å². The van der Waals surface area contributed by atoms with Gasteiger partial charge in [-0.1, -0.05) is 24.3 Å². The van der Waals surface area contributed by atoms with Gasteiger partial charge in [0, 0.05) is 44.6 Å². The number of hydrogen-bond acceptors (Lipinski definition) is 3. The summed E-state index contributed by atoms with van der Waals surface area (Å²) in [5, 5.41) is 0. The molecular weight excluding hydrogens is 355 g/mol. The summed E-state index contributed by atoms with van der Waals surface area (Å²) in [7, 11) is 0. The van der Waals surface area contributed by atoms with E-state index in [2.05, 4.69) is 29.2 Å². The zero-order valence-electron chi connectivity index (χ0n) is 15.9. The number of carbonyl (C=O) groups is 2. The van der Waals surface area contributed by atoms with E-state index in [-0.39, 0.29) is 23.5 Å². The number of piperazine rings is 1. The van der Waals surface area contributed by atoms with Crippen molar-refractivity contribution < 1.29 is 14.0 Å². The normalized spacial score (nSPS) is 19.0. The molecular formula is C23H25FN2O2. The molecule has 0 radical (unpaired) electrons. The average Bonchev–Trinajstić information content (AvgIpc) is 2.73. The van der Waals surface area contributed by atoms with Crippen LogP contribution in [0.2, 0.25) is 0 Å². The highest BCUT2D eigenvalue weighted by Gasteiger charge is 2.33. The van der Waals surface area contributed by atoms with Crippen LogP contribution in [0.5, 0.6) is 0 Å². The van der Waals surface area contributed by atoms with Gasteiger partial charge in [-0.3, -0.25) is 14.5 Å².